The number of rotatable bonds is 5. The SMILES string of the molecule is COc1ccc(CC(=O)NNC(=O)c2ccccc2OC)cc1. The van der Waals surface area contributed by atoms with E-state index in [1.54, 1.807) is 55.6 Å². The molecule has 0 bridgehead atoms. The minimum atomic E-state index is -0.439. The lowest BCUT2D eigenvalue weighted by molar-refractivity contribution is -0.121. The second-order valence-electron chi connectivity index (χ2n) is 4.73. The number of hydrogen-bond acceptors (Lipinski definition) is 4. The molecule has 0 heterocycles. The molecule has 2 aromatic rings. The number of hydrazine groups is 1. The first kappa shape index (κ1) is 16.4. The smallest absolute Gasteiger partial charge is 0.273 e. The zero-order chi connectivity index (χ0) is 16.7. The summed E-state index contributed by atoms with van der Waals surface area (Å²) in [5.74, 6) is 0.400. The number of para-hydroxylation sites is 1. The third-order valence-corrected chi connectivity index (χ3v) is 3.19. The van der Waals surface area contributed by atoms with Gasteiger partial charge in [0, 0.05) is 0 Å². The van der Waals surface area contributed by atoms with Crippen molar-refractivity contribution in [2.24, 2.45) is 0 Å². The van der Waals surface area contributed by atoms with E-state index in [9.17, 15) is 9.59 Å². The highest BCUT2D eigenvalue weighted by Crippen LogP contribution is 2.16. The maximum Gasteiger partial charge on any atom is 0.273 e. The van der Waals surface area contributed by atoms with E-state index in [1.807, 2.05) is 0 Å². The summed E-state index contributed by atoms with van der Waals surface area (Å²) in [5.41, 5.74) is 5.92. The molecule has 2 N–H and O–H groups in total. The molecule has 2 amide bonds. The number of amides is 2. The Labute approximate surface area is 134 Å². The van der Waals surface area contributed by atoms with Gasteiger partial charge in [0.1, 0.15) is 11.5 Å². The van der Waals surface area contributed by atoms with Crippen molar-refractivity contribution in [3.05, 3.63) is 59.7 Å². The minimum absolute atomic E-state index is 0.149. The van der Waals surface area contributed by atoms with Crippen LogP contribution in [0.5, 0.6) is 11.5 Å². The average molecular weight is 314 g/mol. The molecule has 0 atom stereocenters. The van der Waals surface area contributed by atoms with Gasteiger partial charge in [-0.2, -0.15) is 0 Å². The first-order valence-electron chi connectivity index (χ1n) is 6.99. The minimum Gasteiger partial charge on any atom is -0.497 e. The van der Waals surface area contributed by atoms with Gasteiger partial charge < -0.3 is 9.47 Å². The summed E-state index contributed by atoms with van der Waals surface area (Å²) >= 11 is 0. The van der Waals surface area contributed by atoms with Crippen LogP contribution < -0.4 is 20.3 Å². The number of methoxy groups -OCH3 is 2. The topological polar surface area (TPSA) is 76.7 Å². The van der Waals surface area contributed by atoms with Crippen molar-refractivity contribution in [1.29, 1.82) is 0 Å². The number of nitrogens with one attached hydrogen (secondary N) is 2. The standard InChI is InChI=1S/C17H18N2O4/c1-22-13-9-7-12(8-10-13)11-16(20)18-19-17(21)14-5-3-4-6-15(14)23-2/h3-10H,11H2,1-2H3,(H,18,20)(H,19,21). The maximum absolute atomic E-state index is 12.0. The van der Waals surface area contributed by atoms with Crippen LogP contribution in [0.25, 0.3) is 0 Å². The van der Waals surface area contributed by atoms with Crippen molar-refractivity contribution in [2.45, 2.75) is 6.42 Å². The molecule has 2 aromatic carbocycles. The Bertz CT molecular complexity index is 683. The van der Waals surface area contributed by atoms with E-state index in [-0.39, 0.29) is 12.3 Å². The van der Waals surface area contributed by atoms with Crippen molar-refractivity contribution in [3.63, 3.8) is 0 Å². The monoisotopic (exact) mass is 314 g/mol. The Morgan fingerprint density at radius 1 is 0.913 bits per heavy atom. The van der Waals surface area contributed by atoms with E-state index in [4.69, 9.17) is 9.47 Å². The normalized spacial score (nSPS) is 9.83. The first-order valence-corrected chi connectivity index (χ1v) is 6.99. The molecule has 0 fully saturated rings. The fourth-order valence-electron chi connectivity index (χ4n) is 2.00. The fourth-order valence-corrected chi connectivity index (χ4v) is 2.00. The average Bonchev–Trinajstić information content (AvgIpc) is 2.60. The molecule has 0 saturated heterocycles. The number of carbonyl (C=O) groups excluding carboxylic acids is 2. The summed E-state index contributed by atoms with van der Waals surface area (Å²) in [7, 11) is 3.06. The number of ether oxygens (including phenoxy) is 2. The van der Waals surface area contributed by atoms with Crippen LogP contribution >= 0.6 is 0 Å². The van der Waals surface area contributed by atoms with E-state index in [1.165, 1.54) is 7.11 Å². The van der Waals surface area contributed by atoms with Crippen LogP contribution in [0, 0.1) is 0 Å². The van der Waals surface area contributed by atoms with Gasteiger partial charge in [-0.15, -0.1) is 0 Å². The van der Waals surface area contributed by atoms with Crippen LogP contribution in [-0.2, 0) is 11.2 Å². The maximum atomic E-state index is 12.0. The molecule has 0 aliphatic heterocycles. The Morgan fingerprint density at radius 3 is 2.26 bits per heavy atom. The van der Waals surface area contributed by atoms with Gasteiger partial charge in [0.05, 0.1) is 26.2 Å². The molecule has 0 spiro atoms. The predicted octanol–water partition coefficient (Wildman–Crippen LogP) is 1.71. The molecule has 2 rings (SSSR count). The van der Waals surface area contributed by atoms with E-state index in [2.05, 4.69) is 10.9 Å². The molecule has 0 saturated carbocycles. The zero-order valence-electron chi connectivity index (χ0n) is 13.0. The highest BCUT2D eigenvalue weighted by atomic mass is 16.5. The Kier molecular flexibility index (Phi) is 5.57. The van der Waals surface area contributed by atoms with Crippen LogP contribution in [0.1, 0.15) is 15.9 Å². The largest absolute Gasteiger partial charge is 0.497 e. The van der Waals surface area contributed by atoms with Gasteiger partial charge in [-0.1, -0.05) is 24.3 Å². The van der Waals surface area contributed by atoms with Crippen LogP contribution in [0.15, 0.2) is 48.5 Å². The number of hydrogen-bond donors (Lipinski definition) is 2. The highest BCUT2D eigenvalue weighted by molar-refractivity contribution is 5.97. The van der Waals surface area contributed by atoms with E-state index < -0.39 is 5.91 Å². The Morgan fingerprint density at radius 2 is 1.61 bits per heavy atom. The van der Waals surface area contributed by atoms with Crippen molar-refractivity contribution < 1.29 is 19.1 Å². The van der Waals surface area contributed by atoms with E-state index >= 15 is 0 Å². The van der Waals surface area contributed by atoms with Crippen LogP contribution in [0.2, 0.25) is 0 Å². The molecular weight excluding hydrogens is 296 g/mol. The molecule has 0 aliphatic rings. The summed E-state index contributed by atoms with van der Waals surface area (Å²) in [6, 6.07) is 13.9. The van der Waals surface area contributed by atoms with Gasteiger partial charge >= 0.3 is 0 Å². The molecular formula is C17H18N2O4. The third-order valence-electron chi connectivity index (χ3n) is 3.19. The molecule has 6 nitrogen and oxygen atoms in total. The zero-order valence-corrected chi connectivity index (χ0v) is 13.0. The van der Waals surface area contributed by atoms with Crippen molar-refractivity contribution in [3.8, 4) is 11.5 Å². The summed E-state index contributed by atoms with van der Waals surface area (Å²) < 4.78 is 10.2. The van der Waals surface area contributed by atoms with E-state index in [0.717, 1.165) is 11.3 Å². The molecule has 23 heavy (non-hydrogen) atoms. The lowest BCUT2D eigenvalue weighted by Crippen LogP contribution is -2.42. The molecule has 6 heteroatoms. The first-order chi connectivity index (χ1) is 11.1. The van der Waals surface area contributed by atoms with Crippen molar-refractivity contribution in [2.75, 3.05) is 14.2 Å². The predicted molar refractivity (Wildman–Crippen MR) is 85.3 cm³/mol. The van der Waals surface area contributed by atoms with Gasteiger partial charge in [-0.3, -0.25) is 20.4 Å². The molecule has 0 aromatic heterocycles. The van der Waals surface area contributed by atoms with E-state index in [0.29, 0.717) is 11.3 Å². The second kappa shape index (κ2) is 7.84. The summed E-state index contributed by atoms with van der Waals surface area (Å²) in [6.45, 7) is 0. The molecule has 0 aliphatic carbocycles. The lowest BCUT2D eigenvalue weighted by Gasteiger charge is -2.10. The molecule has 0 radical (unpaired) electrons. The van der Waals surface area contributed by atoms with Crippen molar-refractivity contribution in [1.82, 2.24) is 10.9 Å². The Balaban J connectivity index is 1.89. The van der Waals surface area contributed by atoms with Gasteiger partial charge in [-0.25, -0.2) is 0 Å². The highest BCUT2D eigenvalue weighted by Gasteiger charge is 2.12. The summed E-state index contributed by atoms with van der Waals surface area (Å²) in [5, 5.41) is 0. The Hall–Kier alpha value is -3.02. The van der Waals surface area contributed by atoms with Gasteiger partial charge in [-0.05, 0) is 29.8 Å². The third kappa shape index (κ3) is 4.47. The van der Waals surface area contributed by atoms with Crippen LogP contribution in [0.4, 0.5) is 0 Å². The quantitative estimate of drug-likeness (QED) is 0.824. The fraction of sp³-hybridized carbons (Fsp3) is 0.176. The molecule has 120 valence electrons. The lowest BCUT2D eigenvalue weighted by atomic mass is 10.1. The summed E-state index contributed by atoms with van der Waals surface area (Å²) in [4.78, 5) is 23.9. The summed E-state index contributed by atoms with van der Waals surface area (Å²) in [6.07, 6.45) is 0.149. The van der Waals surface area contributed by atoms with Crippen LogP contribution in [0.3, 0.4) is 0 Å². The number of carbonyl (C=O) groups is 2. The second-order valence-corrected chi connectivity index (χ2v) is 4.73. The van der Waals surface area contributed by atoms with Gasteiger partial charge in [0.2, 0.25) is 5.91 Å². The van der Waals surface area contributed by atoms with Gasteiger partial charge in [0.25, 0.3) is 5.91 Å². The molecule has 0 unspecified atom stereocenters. The number of benzene rings is 2. The van der Waals surface area contributed by atoms with Crippen molar-refractivity contribution >= 4 is 11.8 Å². The van der Waals surface area contributed by atoms with Crippen LogP contribution in [-0.4, -0.2) is 26.0 Å². The van der Waals surface area contributed by atoms with Gasteiger partial charge in [0.15, 0.2) is 0 Å².